The minimum Gasteiger partial charge on any atom is -0.351 e. The van der Waals surface area contributed by atoms with Crippen LogP contribution in [0.3, 0.4) is 0 Å². The lowest BCUT2D eigenvalue weighted by atomic mass is 9.64. The van der Waals surface area contributed by atoms with E-state index >= 15 is 0 Å². The van der Waals surface area contributed by atoms with E-state index in [0.717, 1.165) is 31.6 Å². The van der Waals surface area contributed by atoms with Gasteiger partial charge in [0.25, 0.3) is 0 Å². The first-order chi connectivity index (χ1) is 13.0. The fraction of sp³-hybridized carbons (Fsp3) is 0.762. The van der Waals surface area contributed by atoms with Gasteiger partial charge < -0.3 is 19.7 Å². The third-order valence-electron chi connectivity index (χ3n) is 7.52. The molecule has 156 valence electrons. The number of aryl methyl sites for hydroxylation is 1. The number of imidazole rings is 1. The van der Waals surface area contributed by atoms with Crippen LogP contribution in [0.25, 0.3) is 0 Å². The van der Waals surface area contributed by atoms with E-state index in [1.165, 1.54) is 0 Å². The number of aromatic nitrogens is 2. The summed E-state index contributed by atoms with van der Waals surface area (Å²) < 4.78 is 2.04. The summed E-state index contributed by atoms with van der Waals surface area (Å²) in [7, 11) is 7.67. The van der Waals surface area contributed by atoms with Gasteiger partial charge in [-0.1, -0.05) is 20.8 Å². The number of amides is 2. The Morgan fingerprint density at radius 2 is 1.89 bits per heavy atom. The van der Waals surface area contributed by atoms with Crippen molar-refractivity contribution in [3.8, 4) is 0 Å². The zero-order valence-electron chi connectivity index (χ0n) is 18.3. The molecular formula is C21H35N5O2. The van der Waals surface area contributed by atoms with Crippen LogP contribution in [0, 0.1) is 16.7 Å². The molecule has 7 nitrogen and oxygen atoms in total. The largest absolute Gasteiger partial charge is 0.351 e. The van der Waals surface area contributed by atoms with E-state index in [4.69, 9.17) is 0 Å². The maximum absolute atomic E-state index is 13.5. The van der Waals surface area contributed by atoms with E-state index in [-0.39, 0.29) is 29.7 Å². The normalized spacial score (nSPS) is 32.5. The maximum atomic E-state index is 13.5. The second-order valence-corrected chi connectivity index (χ2v) is 9.71. The molecule has 2 amide bonds. The Morgan fingerprint density at radius 3 is 2.46 bits per heavy atom. The van der Waals surface area contributed by atoms with Gasteiger partial charge in [0.1, 0.15) is 0 Å². The van der Waals surface area contributed by atoms with Crippen molar-refractivity contribution in [1.82, 2.24) is 24.7 Å². The maximum Gasteiger partial charge on any atom is 0.226 e. The van der Waals surface area contributed by atoms with Crippen LogP contribution in [0.15, 0.2) is 12.5 Å². The highest BCUT2D eigenvalue weighted by atomic mass is 16.2. The molecule has 1 saturated heterocycles. The van der Waals surface area contributed by atoms with Crippen molar-refractivity contribution >= 4 is 11.8 Å². The number of likely N-dealkylation sites (N-methyl/N-ethyl adjacent to an activating group) is 1. The lowest BCUT2D eigenvalue weighted by molar-refractivity contribution is -0.142. The molecule has 0 unspecified atom stereocenters. The van der Waals surface area contributed by atoms with Gasteiger partial charge in [-0.15, -0.1) is 0 Å². The van der Waals surface area contributed by atoms with Crippen molar-refractivity contribution in [1.29, 1.82) is 0 Å². The fourth-order valence-electron chi connectivity index (χ4n) is 5.15. The zero-order chi connectivity index (χ0) is 20.9. The first kappa shape index (κ1) is 20.8. The fourth-order valence-corrected chi connectivity index (χ4v) is 5.15. The van der Waals surface area contributed by atoms with E-state index in [9.17, 15) is 9.59 Å². The van der Waals surface area contributed by atoms with E-state index in [1.54, 1.807) is 19.0 Å². The molecule has 1 aliphatic heterocycles. The Kier molecular flexibility index (Phi) is 5.34. The molecule has 2 aliphatic rings. The minimum atomic E-state index is -0.568. The van der Waals surface area contributed by atoms with Gasteiger partial charge in [-0.25, -0.2) is 4.98 Å². The Morgan fingerprint density at radius 1 is 1.21 bits per heavy atom. The monoisotopic (exact) mass is 389 g/mol. The first-order valence-corrected chi connectivity index (χ1v) is 10.2. The molecule has 2 fully saturated rings. The summed E-state index contributed by atoms with van der Waals surface area (Å²) in [6.45, 7) is 7.89. The molecular weight excluding hydrogens is 354 g/mol. The molecule has 1 saturated carbocycles. The van der Waals surface area contributed by atoms with Gasteiger partial charge >= 0.3 is 0 Å². The Labute approximate surface area is 168 Å². The number of likely N-dealkylation sites (tertiary alicyclic amines) is 1. The van der Waals surface area contributed by atoms with Crippen molar-refractivity contribution in [2.45, 2.75) is 45.6 Å². The standard InChI is InChI=1S/C21H35N5O2/c1-20(2)15(18(27)24(4)5)8-9-21(20,3)19(28)23-16-12-25(6)11-14(16)17-10-22-13-26(17)7/h10,13-16H,8-9,11-12H2,1-7H3,(H,23,28)/t14-,15+,16-,21-/m1/s1. The smallest absolute Gasteiger partial charge is 0.226 e. The summed E-state index contributed by atoms with van der Waals surface area (Å²) in [6.07, 6.45) is 5.19. The Balaban J connectivity index is 1.80. The summed E-state index contributed by atoms with van der Waals surface area (Å²) in [5.74, 6) is 0.278. The molecule has 4 atom stereocenters. The van der Waals surface area contributed by atoms with Crippen LogP contribution in [0.4, 0.5) is 0 Å². The summed E-state index contributed by atoms with van der Waals surface area (Å²) >= 11 is 0. The minimum absolute atomic E-state index is 0.0455. The number of carbonyl (C=O) groups is 2. The van der Waals surface area contributed by atoms with Gasteiger partial charge in [-0.3, -0.25) is 9.59 Å². The van der Waals surface area contributed by atoms with Gasteiger partial charge in [0.2, 0.25) is 11.8 Å². The highest BCUT2D eigenvalue weighted by Gasteiger charge is 2.58. The van der Waals surface area contributed by atoms with E-state index in [1.807, 2.05) is 31.1 Å². The summed E-state index contributed by atoms with van der Waals surface area (Å²) in [5, 5.41) is 3.36. The van der Waals surface area contributed by atoms with Crippen molar-refractivity contribution in [3.05, 3.63) is 18.2 Å². The molecule has 1 aliphatic carbocycles. The molecule has 0 radical (unpaired) electrons. The topological polar surface area (TPSA) is 70.5 Å². The van der Waals surface area contributed by atoms with Gasteiger partial charge in [0, 0.05) is 58.0 Å². The predicted octanol–water partition coefficient (Wildman–Crippen LogP) is 1.46. The summed E-state index contributed by atoms with van der Waals surface area (Å²) in [5.41, 5.74) is 0.179. The highest BCUT2D eigenvalue weighted by molar-refractivity contribution is 5.87. The molecule has 0 bridgehead atoms. The molecule has 1 N–H and O–H groups in total. The molecule has 7 heteroatoms. The zero-order valence-corrected chi connectivity index (χ0v) is 18.3. The molecule has 0 spiro atoms. The van der Waals surface area contributed by atoms with Crippen LogP contribution >= 0.6 is 0 Å². The van der Waals surface area contributed by atoms with Crippen molar-refractivity contribution in [3.63, 3.8) is 0 Å². The van der Waals surface area contributed by atoms with Crippen LogP contribution in [0.1, 0.15) is 45.2 Å². The molecule has 2 heterocycles. The number of carbonyl (C=O) groups excluding carboxylic acids is 2. The first-order valence-electron chi connectivity index (χ1n) is 10.2. The van der Waals surface area contributed by atoms with Crippen LogP contribution in [-0.2, 0) is 16.6 Å². The van der Waals surface area contributed by atoms with Gasteiger partial charge in [-0.2, -0.15) is 0 Å². The second-order valence-electron chi connectivity index (χ2n) is 9.71. The highest BCUT2D eigenvalue weighted by Crippen LogP contribution is 2.56. The van der Waals surface area contributed by atoms with Crippen LogP contribution < -0.4 is 5.32 Å². The Hall–Kier alpha value is -1.89. The van der Waals surface area contributed by atoms with Crippen LogP contribution in [0.2, 0.25) is 0 Å². The molecule has 3 rings (SSSR count). The average Bonchev–Trinajstić information content (AvgIpc) is 3.24. The Bertz CT molecular complexity index is 756. The SMILES string of the molecule is CN1C[C@@H](NC(=O)[C@@]2(C)CC[C@@H](C(=O)N(C)C)C2(C)C)[C@H](c2cncn2C)C1. The van der Waals surface area contributed by atoms with Gasteiger partial charge in [0.15, 0.2) is 0 Å². The summed E-state index contributed by atoms with van der Waals surface area (Å²) in [4.78, 5) is 34.3. The third-order valence-corrected chi connectivity index (χ3v) is 7.52. The number of nitrogens with one attached hydrogen (secondary N) is 1. The summed E-state index contributed by atoms with van der Waals surface area (Å²) in [6, 6.07) is 0.0455. The van der Waals surface area contributed by atoms with Crippen molar-refractivity contribution in [2.75, 3.05) is 34.2 Å². The predicted molar refractivity (Wildman–Crippen MR) is 109 cm³/mol. The van der Waals surface area contributed by atoms with Gasteiger partial charge in [-0.05, 0) is 25.3 Å². The van der Waals surface area contributed by atoms with Crippen molar-refractivity contribution < 1.29 is 9.59 Å². The second kappa shape index (κ2) is 7.17. The van der Waals surface area contributed by atoms with E-state index in [2.05, 4.69) is 36.1 Å². The quantitative estimate of drug-likeness (QED) is 0.847. The third kappa shape index (κ3) is 3.23. The van der Waals surface area contributed by atoms with Gasteiger partial charge in [0.05, 0.1) is 17.8 Å². The molecule has 1 aromatic heterocycles. The number of nitrogens with zero attached hydrogens (tertiary/aromatic N) is 4. The van der Waals surface area contributed by atoms with E-state index < -0.39 is 10.8 Å². The van der Waals surface area contributed by atoms with Crippen LogP contribution in [0.5, 0.6) is 0 Å². The number of rotatable bonds is 4. The number of hydrogen-bond acceptors (Lipinski definition) is 4. The molecule has 0 aromatic carbocycles. The molecule has 28 heavy (non-hydrogen) atoms. The molecule has 1 aromatic rings. The lowest BCUT2D eigenvalue weighted by Gasteiger charge is -2.41. The van der Waals surface area contributed by atoms with E-state index in [0.29, 0.717) is 0 Å². The average molecular weight is 390 g/mol. The lowest BCUT2D eigenvalue weighted by Crippen LogP contribution is -2.52. The van der Waals surface area contributed by atoms with Crippen molar-refractivity contribution in [2.24, 2.45) is 23.8 Å². The van der Waals surface area contributed by atoms with Crippen LogP contribution in [-0.4, -0.2) is 71.4 Å². The number of hydrogen-bond donors (Lipinski definition) is 1.